The number of aromatic nitrogens is 2. The number of hydrogen-bond acceptors (Lipinski definition) is 3. The summed E-state index contributed by atoms with van der Waals surface area (Å²) in [6.45, 7) is 1.09. The predicted molar refractivity (Wildman–Crippen MR) is 65.5 cm³/mol. The maximum atomic E-state index is 13.2. The summed E-state index contributed by atoms with van der Waals surface area (Å²) in [7, 11) is -4.66. The molecule has 0 saturated heterocycles. The molecule has 0 fully saturated rings. The summed E-state index contributed by atoms with van der Waals surface area (Å²) in [4.78, 5) is 43.7. The Morgan fingerprint density at radius 3 is 2.58 bits per heavy atom. The lowest BCUT2D eigenvalue weighted by Crippen LogP contribution is -2.37. The number of halogens is 1. The molecule has 0 spiro atoms. The van der Waals surface area contributed by atoms with E-state index in [-0.39, 0.29) is 11.0 Å². The summed E-state index contributed by atoms with van der Waals surface area (Å²) in [6.07, 6.45) is 0. The SMILES string of the molecule is CC(n1c(=O)c(=O)[nH]c2ccc(F)cc21)P(=O)(O)O. The number of nitrogens with zero attached hydrogens (tertiary/aromatic N) is 1. The first-order valence-electron chi connectivity index (χ1n) is 5.21. The van der Waals surface area contributed by atoms with Gasteiger partial charge in [-0.15, -0.1) is 0 Å². The lowest BCUT2D eigenvalue weighted by atomic mass is 10.3. The molecule has 2 rings (SSSR count). The van der Waals surface area contributed by atoms with Crippen LogP contribution in [-0.2, 0) is 4.57 Å². The maximum Gasteiger partial charge on any atom is 0.347 e. The highest BCUT2D eigenvalue weighted by Crippen LogP contribution is 2.48. The van der Waals surface area contributed by atoms with Gasteiger partial charge in [-0.25, -0.2) is 4.39 Å². The summed E-state index contributed by atoms with van der Waals surface area (Å²) < 4.78 is 25.1. The van der Waals surface area contributed by atoms with Crippen molar-refractivity contribution in [3.05, 3.63) is 44.7 Å². The van der Waals surface area contributed by atoms with Gasteiger partial charge in [0.2, 0.25) is 0 Å². The molecule has 1 unspecified atom stereocenters. The third kappa shape index (κ3) is 2.37. The van der Waals surface area contributed by atoms with Crippen molar-refractivity contribution < 1.29 is 18.7 Å². The van der Waals surface area contributed by atoms with Gasteiger partial charge in [0.05, 0.1) is 11.0 Å². The molecule has 19 heavy (non-hydrogen) atoms. The van der Waals surface area contributed by atoms with Crippen LogP contribution in [0.5, 0.6) is 0 Å². The fourth-order valence-corrected chi connectivity index (χ4v) is 2.26. The van der Waals surface area contributed by atoms with Gasteiger partial charge in [0.1, 0.15) is 11.6 Å². The average molecular weight is 288 g/mol. The third-order valence-electron chi connectivity index (χ3n) is 2.74. The molecular formula is C10H10FN2O5P. The van der Waals surface area contributed by atoms with Gasteiger partial charge in [-0.05, 0) is 25.1 Å². The van der Waals surface area contributed by atoms with Crippen LogP contribution in [-0.4, -0.2) is 19.3 Å². The highest BCUT2D eigenvalue weighted by molar-refractivity contribution is 7.51. The monoisotopic (exact) mass is 288 g/mol. The van der Waals surface area contributed by atoms with Gasteiger partial charge in [0.25, 0.3) is 0 Å². The van der Waals surface area contributed by atoms with Crippen molar-refractivity contribution in [3.8, 4) is 0 Å². The number of benzene rings is 1. The van der Waals surface area contributed by atoms with Crippen LogP contribution in [0.25, 0.3) is 11.0 Å². The van der Waals surface area contributed by atoms with Crippen LogP contribution >= 0.6 is 7.60 Å². The first-order valence-corrected chi connectivity index (χ1v) is 6.89. The Morgan fingerprint density at radius 2 is 2.00 bits per heavy atom. The van der Waals surface area contributed by atoms with Gasteiger partial charge in [0, 0.05) is 0 Å². The lowest BCUT2D eigenvalue weighted by molar-refractivity contribution is 0.345. The standard InChI is InChI=1S/C10H10FN2O5P/c1-5(19(16,17)18)13-8-4-6(11)2-3-7(8)12-9(14)10(13)15/h2-5H,1H3,(H,12,14)(H2,16,17,18). The molecule has 1 aromatic heterocycles. The van der Waals surface area contributed by atoms with Crippen molar-refractivity contribution in [1.82, 2.24) is 9.55 Å². The first kappa shape index (κ1) is 13.7. The van der Waals surface area contributed by atoms with E-state index in [9.17, 15) is 18.5 Å². The van der Waals surface area contributed by atoms with E-state index < -0.39 is 30.3 Å². The third-order valence-corrected chi connectivity index (χ3v) is 3.95. The molecule has 0 aliphatic heterocycles. The Morgan fingerprint density at radius 1 is 1.37 bits per heavy atom. The van der Waals surface area contributed by atoms with Crippen LogP contribution in [0, 0.1) is 5.82 Å². The maximum absolute atomic E-state index is 13.2. The van der Waals surface area contributed by atoms with Gasteiger partial charge in [0.15, 0.2) is 0 Å². The van der Waals surface area contributed by atoms with E-state index >= 15 is 0 Å². The van der Waals surface area contributed by atoms with Crippen molar-refractivity contribution in [3.63, 3.8) is 0 Å². The van der Waals surface area contributed by atoms with Crippen LogP contribution in [0.1, 0.15) is 12.7 Å². The quantitative estimate of drug-likeness (QED) is 0.551. The molecule has 0 saturated carbocycles. The Balaban J connectivity index is 2.96. The molecular weight excluding hydrogens is 278 g/mol. The summed E-state index contributed by atoms with van der Waals surface area (Å²) in [5.41, 5.74) is -2.14. The molecule has 3 N–H and O–H groups in total. The molecule has 1 atom stereocenters. The van der Waals surface area contributed by atoms with Crippen molar-refractivity contribution in [2.75, 3.05) is 0 Å². The molecule has 0 bridgehead atoms. The first-order chi connectivity index (χ1) is 8.71. The largest absolute Gasteiger partial charge is 0.347 e. The molecule has 0 amide bonds. The number of rotatable bonds is 2. The highest BCUT2D eigenvalue weighted by Gasteiger charge is 2.28. The molecule has 0 aliphatic carbocycles. The predicted octanol–water partition coefficient (Wildman–Crippen LogP) is 0.525. The molecule has 7 nitrogen and oxygen atoms in total. The van der Waals surface area contributed by atoms with Crippen molar-refractivity contribution >= 4 is 18.6 Å². The Bertz CT molecular complexity index is 806. The van der Waals surface area contributed by atoms with Crippen LogP contribution in [0.4, 0.5) is 4.39 Å². The fraction of sp³-hybridized carbons (Fsp3) is 0.200. The second-order valence-corrected chi connectivity index (χ2v) is 5.94. The average Bonchev–Trinajstić information content (AvgIpc) is 2.30. The summed E-state index contributed by atoms with van der Waals surface area (Å²) in [5, 5.41) is 0. The van der Waals surface area contributed by atoms with Gasteiger partial charge in [-0.3, -0.25) is 18.7 Å². The zero-order valence-corrected chi connectivity index (χ0v) is 10.6. The van der Waals surface area contributed by atoms with E-state index in [1.807, 2.05) is 0 Å². The van der Waals surface area contributed by atoms with Crippen molar-refractivity contribution in [2.24, 2.45) is 0 Å². The molecule has 102 valence electrons. The topological polar surface area (TPSA) is 112 Å². The van der Waals surface area contributed by atoms with E-state index in [2.05, 4.69) is 4.98 Å². The number of fused-ring (bicyclic) bond motifs is 1. The number of nitrogens with one attached hydrogen (secondary N) is 1. The zero-order chi connectivity index (χ0) is 14.4. The zero-order valence-electron chi connectivity index (χ0n) is 9.70. The Labute approximate surface area is 105 Å². The van der Waals surface area contributed by atoms with Crippen LogP contribution in [0.15, 0.2) is 27.8 Å². The highest BCUT2D eigenvalue weighted by atomic mass is 31.2. The molecule has 0 radical (unpaired) electrons. The smallest absolute Gasteiger partial charge is 0.323 e. The Kier molecular flexibility index (Phi) is 3.17. The molecule has 1 aromatic carbocycles. The van der Waals surface area contributed by atoms with Crippen LogP contribution in [0.2, 0.25) is 0 Å². The summed E-state index contributed by atoms with van der Waals surface area (Å²) in [5.74, 6) is -2.25. The fourth-order valence-electron chi connectivity index (χ4n) is 1.73. The molecule has 1 heterocycles. The van der Waals surface area contributed by atoms with E-state index in [0.717, 1.165) is 19.1 Å². The van der Waals surface area contributed by atoms with Gasteiger partial charge in [-0.2, -0.15) is 0 Å². The van der Waals surface area contributed by atoms with Crippen molar-refractivity contribution in [1.29, 1.82) is 0 Å². The number of hydrogen-bond donors (Lipinski definition) is 3. The van der Waals surface area contributed by atoms with E-state index in [1.165, 1.54) is 6.07 Å². The molecule has 0 aliphatic rings. The van der Waals surface area contributed by atoms with E-state index in [1.54, 1.807) is 0 Å². The van der Waals surface area contributed by atoms with Crippen LogP contribution in [0.3, 0.4) is 0 Å². The number of aromatic amines is 1. The number of H-pyrrole nitrogens is 1. The second-order valence-electron chi connectivity index (χ2n) is 4.01. The lowest BCUT2D eigenvalue weighted by Gasteiger charge is -2.18. The van der Waals surface area contributed by atoms with Crippen LogP contribution < -0.4 is 11.1 Å². The normalized spacial score (nSPS) is 13.7. The minimum Gasteiger partial charge on any atom is -0.323 e. The minimum atomic E-state index is -4.66. The minimum absolute atomic E-state index is 0.0829. The van der Waals surface area contributed by atoms with Gasteiger partial charge >= 0.3 is 18.7 Å². The van der Waals surface area contributed by atoms with E-state index in [4.69, 9.17) is 9.79 Å². The van der Waals surface area contributed by atoms with Gasteiger partial charge < -0.3 is 14.8 Å². The Hall–Kier alpha value is -1.76. The molecule has 2 aromatic rings. The summed E-state index contributed by atoms with van der Waals surface area (Å²) in [6, 6.07) is 3.21. The van der Waals surface area contributed by atoms with Crippen molar-refractivity contribution in [2.45, 2.75) is 12.7 Å². The van der Waals surface area contributed by atoms with E-state index in [0.29, 0.717) is 4.57 Å². The second kappa shape index (κ2) is 4.41. The molecule has 9 heteroatoms. The van der Waals surface area contributed by atoms with Gasteiger partial charge in [-0.1, -0.05) is 0 Å². The summed E-state index contributed by atoms with van der Waals surface area (Å²) >= 11 is 0.